The van der Waals surface area contributed by atoms with Crippen molar-refractivity contribution in [2.24, 2.45) is 18.0 Å². The van der Waals surface area contributed by atoms with Gasteiger partial charge < -0.3 is 20.1 Å². The number of hydrogen-bond acceptors (Lipinski definition) is 5. The monoisotopic (exact) mass is 429 g/mol. The maximum absolute atomic E-state index is 12.7. The molecule has 1 saturated carbocycles. The Kier molecular flexibility index (Phi) is 6.66. The Hall–Kier alpha value is -2.42. The van der Waals surface area contributed by atoms with Crippen molar-refractivity contribution in [1.82, 2.24) is 30.3 Å². The van der Waals surface area contributed by atoms with E-state index in [1.807, 2.05) is 23.4 Å². The SMILES string of the molecule is Cc1nnc(CN=C(NCc2cccs2)NC2CCN(C(=O)C3CCCC3)C2)n1C. The van der Waals surface area contributed by atoms with Crippen LogP contribution in [0.5, 0.6) is 0 Å². The molecule has 1 amide bonds. The average Bonchev–Trinajstić information content (AvgIpc) is 3.54. The molecule has 2 fully saturated rings. The van der Waals surface area contributed by atoms with Crippen molar-refractivity contribution in [3.05, 3.63) is 34.0 Å². The molecule has 1 saturated heterocycles. The molecule has 3 heterocycles. The molecule has 2 aliphatic rings. The average molecular weight is 430 g/mol. The van der Waals surface area contributed by atoms with E-state index in [1.54, 1.807) is 11.3 Å². The second-order valence-electron chi connectivity index (χ2n) is 8.22. The summed E-state index contributed by atoms with van der Waals surface area (Å²) in [6.45, 7) is 4.68. The number of rotatable bonds is 6. The lowest BCUT2D eigenvalue weighted by Crippen LogP contribution is -2.45. The third-order valence-corrected chi connectivity index (χ3v) is 6.99. The highest BCUT2D eigenvalue weighted by Gasteiger charge is 2.32. The van der Waals surface area contributed by atoms with Gasteiger partial charge in [0.1, 0.15) is 12.4 Å². The first-order valence-corrected chi connectivity index (χ1v) is 11.7. The van der Waals surface area contributed by atoms with Crippen LogP contribution in [-0.4, -0.2) is 50.7 Å². The van der Waals surface area contributed by atoms with Gasteiger partial charge in [0.05, 0.1) is 6.54 Å². The zero-order valence-corrected chi connectivity index (χ0v) is 18.6. The number of carbonyl (C=O) groups is 1. The molecular formula is C21H31N7OS. The number of aryl methyl sites for hydroxylation is 1. The number of nitrogens with one attached hydrogen (secondary N) is 2. The number of aromatic nitrogens is 3. The lowest BCUT2D eigenvalue weighted by atomic mass is 10.1. The van der Waals surface area contributed by atoms with Crippen LogP contribution >= 0.6 is 11.3 Å². The van der Waals surface area contributed by atoms with Gasteiger partial charge in [-0.2, -0.15) is 0 Å². The summed E-state index contributed by atoms with van der Waals surface area (Å²) in [6.07, 6.45) is 5.44. The van der Waals surface area contributed by atoms with Crippen LogP contribution < -0.4 is 10.6 Å². The van der Waals surface area contributed by atoms with Crippen LogP contribution in [0, 0.1) is 12.8 Å². The van der Waals surface area contributed by atoms with Crippen molar-refractivity contribution >= 4 is 23.2 Å². The number of guanidine groups is 1. The van der Waals surface area contributed by atoms with E-state index in [0.717, 1.165) is 56.5 Å². The van der Waals surface area contributed by atoms with E-state index in [1.165, 1.54) is 17.7 Å². The number of aliphatic imine (C=N–C) groups is 1. The minimum Gasteiger partial charge on any atom is -0.352 e. The van der Waals surface area contributed by atoms with E-state index in [-0.39, 0.29) is 12.0 Å². The largest absolute Gasteiger partial charge is 0.352 e. The van der Waals surface area contributed by atoms with E-state index < -0.39 is 0 Å². The third-order valence-electron chi connectivity index (χ3n) is 6.12. The van der Waals surface area contributed by atoms with Gasteiger partial charge in [-0.15, -0.1) is 21.5 Å². The number of thiophene rings is 1. The molecule has 4 rings (SSSR count). The lowest BCUT2D eigenvalue weighted by Gasteiger charge is -2.21. The quantitative estimate of drug-likeness (QED) is 0.543. The predicted molar refractivity (Wildman–Crippen MR) is 118 cm³/mol. The van der Waals surface area contributed by atoms with Crippen molar-refractivity contribution in [1.29, 1.82) is 0 Å². The molecule has 1 atom stereocenters. The Morgan fingerprint density at radius 2 is 2.13 bits per heavy atom. The van der Waals surface area contributed by atoms with E-state index in [9.17, 15) is 4.79 Å². The van der Waals surface area contributed by atoms with Crippen LogP contribution in [0.2, 0.25) is 0 Å². The molecule has 1 unspecified atom stereocenters. The zero-order valence-electron chi connectivity index (χ0n) is 17.8. The molecule has 8 nitrogen and oxygen atoms in total. The zero-order chi connectivity index (χ0) is 20.9. The van der Waals surface area contributed by atoms with Crippen LogP contribution in [0.3, 0.4) is 0 Å². The summed E-state index contributed by atoms with van der Waals surface area (Å²) in [7, 11) is 1.95. The van der Waals surface area contributed by atoms with Crippen LogP contribution in [-0.2, 0) is 24.9 Å². The summed E-state index contributed by atoms with van der Waals surface area (Å²) in [5, 5.41) is 17.4. The first-order chi connectivity index (χ1) is 14.6. The summed E-state index contributed by atoms with van der Waals surface area (Å²) in [6, 6.07) is 4.38. The summed E-state index contributed by atoms with van der Waals surface area (Å²) in [4.78, 5) is 20.8. The highest BCUT2D eigenvalue weighted by Crippen LogP contribution is 2.27. The van der Waals surface area contributed by atoms with Gasteiger partial charge in [0.2, 0.25) is 5.91 Å². The first-order valence-electron chi connectivity index (χ1n) is 10.8. The molecule has 2 aromatic heterocycles. The number of likely N-dealkylation sites (tertiary alicyclic amines) is 1. The fourth-order valence-electron chi connectivity index (χ4n) is 4.18. The van der Waals surface area contributed by atoms with Gasteiger partial charge in [-0.05, 0) is 37.6 Å². The Labute approximate surface area is 181 Å². The molecule has 2 N–H and O–H groups in total. The topological polar surface area (TPSA) is 87.4 Å². The van der Waals surface area contributed by atoms with E-state index >= 15 is 0 Å². The molecular weight excluding hydrogens is 398 g/mol. The molecule has 162 valence electrons. The normalized spacial score (nSPS) is 20.1. The Bertz CT molecular complexity index is 870. The van der Waals surface area contributed by atoms with E-state index in [4.69, 9.17) is 4.99 Å². The second kappa shape index (κ2) is 9.59. The van der Waals surface area contributed by atoms with Crippen LogP contribution in [0.15, 0.2) is 22.5 Å². The Morgan fingerprint density at radius 1 is 1.30 bits per heavy atom. The van der Waals surface area contributed by atoms with E-state index in [0.29, 0.717) is 12.5 Å². The summed E-state index contributed by atoms with van der Waals surface area (Å²) >= 11 is 1.72. The van der Waals surface area contributed by atoms with Crippen molar-refractivity contribution in [3.63, 3.8) is 0 Å². The van der Waals surface area contributed by atoms with Gasteiger partial charge in [0.25, 0.3) is 0 Å². The van der Waals surface area contributed by atoms with Gasteiger partial charge >= 0.3 is 0 Å². The number of hydrogen-bond donors (Lipinski definition) is 2. The number of amides is 1. The van der Waals surface area contributed by atoms with Crippen LogP contribution in [0.25, 0.3) is 0 Å². The molecule has 2 aromatic rings. The van der Waals surface area contributed by atoms with Crippen LogP contribution in [0.4, 0.5) is 0 Å². The van der Waals surface area contributed by atoms with Crippen molar-refractivity contribution in [3.8, 4) is 0 Å². The summed E-state index contributed by atoms with van der Waals surface area (Å²) < 4.78 is 1.96. The molecule has 0 aromatic carbocycles. The number of carbonyl (C=O) groups excluding carboxylic acids is 1. The molecule has 0 radical (unpaired) electrons. The Morgan fingerprint density at radius 3 is 2.83 bits per heavy atom. The second-order valence-corrected chi connectivity index (χ2v) is 9.25. The van der Waals surface area contributed by atoms with Crippen molar-refractivity contribution in [2.75, 3.05) is 13.1 Å². The van der Waals surface area contributed by atoms with Crippen LogP contribution in [0.1, 0.15) is 48.6 Å². The lowest BCUT2D eigenvalue weighted by molar-refractivity contribution is -0.134. The maximum atomic E-state index is 12.7. The van der Waals surface area contributed by atoms with Gasteiger partial charge in [-0.25, -0.2) is 4.99 Å². The molecule has 1 aliphatic heterocycles. The minimum absolute atomic E-state index is 0.214. The van der Waals surface area contributed by atoms with Gasteiger partial charge in [-0.1, -0.05) is 18.9 Å². The van der Waals surface area contributed by atoms with Crippen molar-refractivity contribution in [2.45, 2.75) is 58.2 Å². The molecule has 9 heteroatoms. The Balaban J connectivity index is 1.38. The summed E-state index contributed by atoms with van der Waals surface area (Å²) in [5.41, 5.74) is 0. The molecule has 0 bridgehead atoms. The summed E-state index contributed by atoms with van der Waals surface area (Å²) in [5.74, 6) is 3.04. The fraction of sp³-hybridized carbons (Fsp3) is 0.619. The smallest absolute Gasteiger partial charge is 0.225 e. The highest BCUT2D eigenvalue weighted by atomic mass is 32.1. The van der Waals surface area contributed by atoms with Crippen molar-refractivity contribution < 1.29 is 4.79 Å². The van der Waals surface area contributed by atoms with Gasteiger partial charge in [0.15, 0.2) is 11.8 Å². The number of nitrogens with zero attached hydrogens (tertiary/aromatic N) is 5. The standard InChI is InChI=1S/C21H31N7OS/c1-15-25-26-19(27(15)2)13-23-21(22-12-18-8-5-11-30-18)24-17-9-10-28(14-17)20(29)16-6-3-4-7-16/h5,8,11,16-17H,3-4,6-7,9-10,12-14H2,1-2H3,(H2,22,23,24). The maximum Gasteiger partial charge on any atom is 0.225 e. The minimum atomic E-state index is 0.214. The fourth-order valence-corrected chi connectivity index (χ4v) is 4.82. The molecule has 1 aliphatic carbocycles. The highest BCUT2D eigenvalue weighted by molar-refractivity contribution is 7.09. The third kappa shape index (κ3) is 5.00. The molecule has 30 heavy (non-hydrogen) atoms. The van der Waals surface area contributed by atoms with Gasteiger partial charge in [0, 0.05) is 37.0 Å². The van der Waals surface area contributed by atoms with E-state index in [2.05, 4.69) is 38.3 Å². The van der Waals surface area contributed by atoms with Gasteiger partial charge in [-0.3, -0.25) is 4.79 Å². The predicted octanol–water partition coefficient (Wildman–Crippen LogP) is 2.21. The first kappa shape index (κ1) is 20.8. The molecule has 0 spiro atoms.